The van der Waals surface area contributed by atoms with Gasteiger partial charge in [-0.1, -0.05) is 56.3 Å². The Hall–Kier alpha value is -3.88. The monoisotopic (exact) mass is 536 g/mol. The van der Waals surface area contributed by atoms with Crippen LogP contribution in [0.1, 0.15) is 70.2 Å². The van der Waals surface area contributed by atoms with E-state index in [1.54, 1.807) is 26.8 Å². The summed E-state index contributed by atoms with van der Waals surface area (Å²) in [5.74, 6) is -1.59. The van der Waals surface area contributed by atoms with Gasteiger partial charge in [-0.2, -0.15) is 0 Å². The highest BCUT2D eigenvalue weighted by Gasteiger charge is 2.48. The van der Waals surface area contributed by atoms with Crippen LogP contribution in [0.3, 0.4) is 0 Å². The van der Waals surface area contributed by atoms with Gasteiger partial charge in [0.05, 0.1) is 6.42 Å². The minimum Gasteiger partial charge on any atom is -0.444 e. The first-order valence-electron chi connectivity index (χ1n) is 13.4. The van der Waals surface area contributed by atoms with Crippen LogP contribution >= 0.6 is 0 Å². The standard InChI is InChI=1S/C30H40N4O5/c1-7-20-12-14-21(15-13-20)26(27(36)32-22-11-9-8-10-18(22)2)34(24-16-19(24)3)28(37)23(17-25(31)35)33-29(38)39-30(4,5)6/h8-15,19,23-24,26H,7,16-17H2,1-6H3,(H2,31,35)(H,32,36)(H,33,38). The van der Waals surface area contributed by atoms with Crippen molar-refractivity contribution in [2.24, 2.45) is 11.7 Å². The Labute approximate surface area is 230 Å². The van der Waals surface area contributed by atoms with Crippen LogP contribution in [-0.2, 0) is 25.5 Å². The Morgan fingerprint density at radius 3 is 2.21 bits per heavy atom. The molecule has 0 heterocycles. The number of primary amides is 1. The summed E-state index contributed by atoms with van der Waals surface area (Å²) in [6.45, 7) is 11.0. The second kappa shape index (κ2) is 12.3. The maximum atomic E-state index is 14.1. The average Bonchev–Trinajstić information content (AvgIpc) is 3.57. The number of benzene rings is 2. The Morgan fingerprint density at radius 1 is 1.08 bits per heavy atom. The number of nitrogens with zero attached hydrogens (tertiary/aromatic N) is 1. The molecule has 1 saturated carbocycles. The molecule has 4 N–H and O–H groups in total. The number of hydrogen-bond acceptors (Lipinski definition) is 5. The molecule has 0 saturated heterocycles. The topological polar surface area (TPSA) is 131 Å². The van der Waals surface area contributed by atoms with E-state index in [-0.39, 0.29) is 12.0 Å². The lowest BCUT2D eigenvalue weighted by atomic mass is 9.99. The van der Waals surface area contributed by atoms with Gasteiger partial charge in [0.1, 0.15) is 17.7 Å². The number of carbonyl (C=O) groups excluding carboxylic acids is 4. The normalized spacial score (nSPS) is 17.9. The number of carbonyl (C=O) groups is 4. The molecule has 0 spiro atoms. The minimum atomic E-state index is -1.30. The van der Waals surface area contributed by atoms with Crippen LogP contribution in [0.5, 0.6) is 0 Å². The number of alkyl carbamates (subject to hydrolysis) is 1. The average molecular weight is 537 g/mol. The quantitative estimate of drug-likeness (QED) is 0.418. The molecule has 9 nitrogen and oxygen atoms in total. The predicted octanol–water partition coefficient (Wildman–Crippen LogP) is 4.24. The van der Waals surface area contributed by atoms with Gasteiger partial charge in [-0.3, -0.25) is 14.4 Å². The van der Waals surface area contributed by atoms with Crippen molar-refractivity contribution < 1.29 is 23.9 Å². The SMILES string of the molecule is CCc1ccc(C(C(=O)Nc2ccccc2C)N(C(=O)C(CC(N)=O)NC(=O)OC(C)(C)C)C2CC2C)cc1. The lowest BCUT2D eigenvalue weighted by Gasteiger charge is -2.35. The summed E-state index contributed by atoms with van der Waals surface area (Å²) in [4.78, 5) is 54.2. The largest absolute Gasteiger partial charge is 0.444 e. The highest BCUT2D eigenvalue weighted by Crippen LogP contribution is 2.41. The summed E-state index contributed by atoms with van der Waals surface area (Å²) in [5.41, 5.74) is 7.88. The Balaban J connectivity index is 2.04. The molecular formula is C30H40N4O5. The fraction of sp³-hybridized carbons (Fsp3) is 0.467. The molecule has 9 heteroatoms. The van der Waals surface area contributed by atoms with Crippen LogP contribution in [0.25, 0.3) is 0 Å². The molecular weight excluding hydrogens is 496 g/mol. The van der Waals surface area contributed by atoms with Crippen LogP contribution in [-0.4, -0.2) is 46.4 Å². The molecule has 0 aliphatic heterocycles. The van der Waals surface area contributed by atoms with E-state index in [4.69, 9.17) is 10.5 Å². The molecule has 3 rings (SSSR count). The highest BCUT2D eigenvalue weighted by molar-refractivity contribution is 6.00. The first kappa shape index (κ1) is 29.7. The van der Waals surface area contributed by atoms with Gasteiger partial charge in [-0.05, 0) is 69.2 Å². The number of ether oxygens (including phenoxy) is 1. The molecule has 4 unspecified atom stereocenters. The number of anilines is 1. The Kier molecular flexibility index (Phi) is 9.37. The second-order valence-corrected chi connectivity index (χ2v) is 11.2. The van der Waals surface area contributed by atoms with E-state index in [1.807, 2.05) is 63.2 Å². The van der Waals surface area contributed by atoms with Gasteiger partial charge in [-0.15, -0.1) is 0 Å². The van der Waals surface area contributed by atoms with Gasteiger partial charge in [0.25, 0.3) is 5.91 Å². The fourth-order valence-electron chi connectivity index (χ4n) is 4.49. The third kappa shape index (κ3) is 8.05. The van der Waals surface area contributed by atoms with E-state index in [1.165, 1.54) is 4.90 Å². The first-order chi connectivity index (χ1) is 18.3. The van der Waals surface area contributed by atoms with Crippen molar-refractivity contribution in [2.45, 2.75) is 84.5 Å². The molecule has 2 aromatic carbocycles. The van der Waals surface area contributed by atoms with E-state index >= 15 is 0 Å². The Bertz CT molecular complexity index is 1200. The van der Waals surface area contributed by atoms with Crippen molar-refractivity contribution in [1.82, 2.24) is 10.2 Å². The van der Waals surface area contributed by atoms with E-state index in [0.29, 0.717) is 17.7 Å². The number of nitrogens with one attached hydrogen (secondary N) is 2. The van der Waals surface area contributed by atoms with Crippen LogP contribution in [0.15, 0.2) is 48.5 Å². The number of hydrogen-bond donors (Lipinski definition) is 3. The van der Waals surface area contributed by atoms with Gasteiger partial charge < -0.3 is 26.0 Å². The zero-order valence-corrected chi connectivity index (χ0v) is 23.6. The van der Waals surface area contributed by atoms with E-state index < -0.39 is 47.9 Å². The highest BCUT2D eigenvalue weighted by atomic mass is 16.6. The summed E-state index contributed by atoms with van der Waals surface area (Å²) in [6.07, 6.45) is 0.224. The lowest BCUT2D eigenvalue weighted by molar-refractivity contribution is -0.142. The number of nitrogens with two attached hydrogens (primary N) is 1. The van der Waals surface area contributed by atoms with Crippen LogP contribution in [0.4, 0.5) is 10.5 Å². The van der Waals surface area contributed by atoms with Gasteiger partial charge >= 0.3 is 6.09 Å². The van der Waals surface area contributed by atoms with Crippen molar-refractivity contribution in [2.75, 3.05) is 5.32 Å². The molecule has 210 valence electrons. The molecule has 0 bridgehead atoms. The van der Waals surface area contributed by atoms with E-state index in [0.717, 1.165) is 17.5 Å². The number of amides is 4. The maximum absolute atomic E-state index is 14.1. The second-order valence-electron chi connectivity index (χ2n) is 11.2. The lowest BCUT2D eigenvalue weighted by Crippen LogP contribution is -2.54. The van der Waals surface area contributed by atoms with Gasteiger partial charge in [-0.25, -0.2) is 4.79 Å². The smallest absolute Gasteiger partial charge is 0.408 e. The minimum absolute atomic E-state index is 0.133. The van der Waals surface area contributed by atoms with Crippen molar-refractivity contribution in [3.63, 3.8) is 0 Å². The van der Waals surface area contributed by atoms with Crippen molar-refractivity contribution in [3.8, 4) is 0 Å². The predicted molar refractivity (Wildman–Crippen MR) is 150 cm³/mol. The van der Waals surface area contributed by atoms with Gasteiger partial charge in [0.15, 0.2) is 0 Å². The van der Waals surface area contributed by atoms with Crippen LogP contribution < -0.4 is 16.4 Å². The summed E-state index contributed by atoms with van der Waals surface area (Å²) in [5, 5.41) is 5.51. The summed E-state index contributed by atoms with van der Waals surface area (Å²) >= 11 is 0. The zero-order chi connectivity index (χ0) is 28.9. The summed E-state index contributed by atoms with van der Waals surface area (Å²) in [7, 11) is 0. The molecule has 1 fully saturated rings. The fourth-order valence-corrected chi connectivity index (χ4v) is 4.49. The molecule has 39 heavy (non-hydrogen) atoms. The molecule has 0 aromatic heterocycles. The third-order valence-corrected chi connectivity index (χ3v) is 6.71. The molecule has 4 atom stereocenters. The molecule has 0 radical (unpaired) electrons. The number of para-hydroxylation sites is 1. The number of rotatable bonds is 10. The molecule has 4 amide bonds. The first-order valence-corrected chi connectivity index (χ1v) is 13.4. The summed E-state index contributed by atoms with van der Waals surface area (Å²) < 4.78 is 5.33. The third-order valence-electron chi connectivity index (χ3n) is 6.71. The van der Waals surface area contributed by atoms with Crippen LogP contribution in [0.2, 0.25) is 0 Å². The summed E-state index contributed by atoms with van der Waals surface area (Å²) in [6, 6.07) is 12.4. The maximum Gasteiger partial charge on any atom is 0.408 e. The molecule has 1 aliphatic rings. The molecule has 2 aromatic rings. The van der Waals surface area contributed by atoms with Crippen molar-refractivity contribution in [3.05, 3.63) is 65.2 Å². The van der Waals surface area contributed by atoms with Crippen molar-refractivity contribution in [1.29, 1.82) is 0 Å². The van der Waals surface area contributed by atoms with Gasteiger partial charge in [0, 0.05) is 11.7 Å². The van der Waals surface area contributed by atoms with Gasteiger partial charge in [0.2, 0.25) is 11.8 Å². The number of aryl methyl sites for hydroxylation is 2. The van der Waals surface area contributed by atoms with E-state index in [2.05, 4.69) is 10.6 Å². The van der Waals surface area contributed by atoms with Crippen LogP contribution in [0, 0.1) is 12.8 Å². The Morgan fingerprint density at radius 2 is 1.69 bits per heavy atom. The zero-order valence-electron chi connectivity index (χ0n) is 23.6. The van der Waals surface area contributed by atoms with Crippen molar-refractivity contribution >= 4 is 29.5 Å². The molecule has 1 aliphatic carbocycles. The van der Waals surface area contributed by atoms with E-state index in [9.17, 15) is 19.2 Å².